The number of ether oxygens (including phenoxy) is 1. The topological polar surface area (TPSA) is 88.6 Å². The maximum Gasteiger partial charge on any atom is 0.264 e. The van der Waals surface area contributed by atoms with Gasteiger partial charge in [-0.3, -0.25) is 10.1 Å². The fourth-order valence-corrected chi connectivity index (χ4v) is 6.30. The number of anilines is 1. The lowest BCUT2D eigenvalue weighted by molar-refractivity contribution is -0.118. The van der Waals surface area contributed by atoms with E-state index in [9.17, 15) is 13.2 Å². The van der Waals surface area contributed by atoms with Crippen molar-refractivity contribution < 1.29 is 17.9 Å². The highest BCUT2D eigenvalue weighted by Crippen LogP contribution is 2.29. The van der Waals surface area contributed by atoms with Crippen molar-refractivity contribution in [1.82, 2.24) is 9.29 Å². The van der Waals surface area contributed by atoms with Crippen LogP contribution in [0.15, 0.2) is 52.7 Å². The first-order chi connectivity index (χ1) is 16.3. The molecule has 1 saturated heterocycles. The molecule has 2 heterocycles. The molecule has 34 heavy (non-hydrogen) atoms. The van der Waals surface area contributed by atoms with Gasteiger partial charge in [-0.1, -0.05) is 48.2 Å². The summed E-state index contributed by atoms with van der Waals surface area (Å²) in [6.45, 7) is 0.889. The Morgan fingerprint density at radius 2 is 1.76 bits per heavy atom. The van der Waals surface area contributed by atoms with Crippen molar-refractivity contribution in [2.75, 3.05) is 25.0 Å². The van der Waals surface area contributed by atoms with Crippen molar-refractivity contribution in [3.63, 3.8) is 0 Å². The molecule has 7 nitrogen and oxygen atoms in total. The minimum absolute atomic E-state index is 0.237. The molecule has 11 heteroatoms. The highest BCUT2D eigenvalue weighted by molar-refractivity contribution is 7.89. The molecule has 2 aromatic carbocycles. The van der Waals surface area contributed by atoms with E-state index in [4.69, 9.17) is 27.9 Å². The molecule has 1 aliphatic heterocycles. The minimum atomic E-state index is -3.50. The van der Waals surface area contributed by atoms with Crippen molar-refractivity contribution in [2.24, 2.45) is 0 Å². The highest BCUT2D eigenvalue weighted by Gasteiger charge is 2.25. The summed E-state index contributed by atoms with van der Waals surface area (Å²) in [5, 5.41) is 5.69. The summed E-state index contributed by atoms with van der Waals surface area (Å²) < 4.78 is 32.9. The van der Waals surface area contributed by atoms with Crippen molar-refractivity contribution in [1.29, 1.82) is 0 Å². The van der Waals surface area contributed by atoms with Gasteiger partial charge in [0.1, 0.15) is 5.75 Å². The van der Waals surface area contributed by atoms with E-state index >= 15 is 0 Å². The van der Waals surface area contributed by atoms with Crippen molar-refractivity contribution in [3.8, 4) is 17.0 Å². The summed E-state index contributed by atoms with van der Waals surface area (Å²) in [6.07, 6.45) is 3.91. The molecule has 0 saturated carbocycles. The third kappa shape index (κ3) is 6.09. The van der Waals surface area contributed by atoms with E-state index in [0.717, 1.165) is 31.2 Å². The van der Waals surface area contributed by atoms with Gasteiger partial charge in [0.15, 0.2) is 11.7 Å². The number of hydrogen-bond donors (Lipinski definition) is 1. The van der Waals surface area contributed by atoms with Crippen LogP contribution in [0.3, 0.4) is 0 Å². The van der Waals surface area contributed by atoms with E-state index in [-0.39, 0.29) is 17.4 Å². The monoisotopic (exact) mass is 539 g/mol. The number of nitrogens with one attached hydrogen (secondary N) is 1. The van der Waals surface area contributed by atoms with Gasteiger partial charge in [-0.25, -0.2) is 13.4 Å². The van der Waals surface area contributed by atoms with Crippen molar-refractivity contribution >= 4 is 55.6 Å². The second kappa shape index (κ2) is 11.0. The van der Waals surface area contributed by atoms with E-state index < -0.39 is 10.0 Å². The van der Waals surface area contributed by atoms with E-state index in [0.29, 0.717) is 39.7 Å². The van der Waals surface area contributed by atoms with E-state index in [1.54, 1.807) is 46.1 Å². The first-order valence-electron chi connectivity index (χ1n) is 10.8. The van der Waals surface area contributed by atoms with Gasteiger partial charge in [0.25, 0.3) is 5.91 Å². The third-order valence-corrected chi connectivity index (χ3v) is 8.56. The number of benzene rings is 2. The highest BCUT2D eigenvalue weighted by atomic mass is 35.5. The van der Waals surface area contributed by atoms with Gasteiger partial charge in [-0.15, -0.1) is 11.3 Å². The van der Waals surface area contributed by atoms with Crippen molar-refractivity contribution in [2.45, 2.75) is 30.6 Å². The molecule has 1 N–H and O–H groups in total. The molecular formula is C23H23Cl2N3O4S2. The molecule has 180 valence electrons. The summed E-state index contributed by atoms with van der Waals surface area (Å²) in [6, 6.07) is 11.4. The molecule has 3 aromatic rings. The largest absolute Gasteiger partial charge is 0.482 e. The summed E-state index contributed by atoms with van der Waals surface area (Å²) in [4.78, 5) is 16.9. The molecular weight excluding hydrogens is 517 g/mol. The Bertz CT molecular complexity index is 1260. The summed E-state index contributed by atoms with van der Waals surface area (Å²) in [5.41, 5.74) is 1.40. The Balaban J connectivity index is 1.37. The number of aromatic nitrogens is 1. The smallest absolute Gasteiger partial charge is 0.264 e. The lowest BCUT2D eigenvalue weighted by Gasteiger charge is -2.19. The molecule has 1 fully saturated rings. The average molecular weight is 540 g/mol. The summed E-state index contributed by atoms with van der Waals surface area (Å²) in [7, 11) is -3.50. The minimum Gasteiger partial charge on any atom is -0.482 e. The van der Waals surface area contributed by atoms with Crippen LogP contribution in [0.5, 0.6) is 5.75 Å². The number of carbonyl (C=O) groups excluding carboxylic acids is 1. The molecule has 1 aromatic heterocycles. The fourth-order valence-electron chi connectivity index (χ4n) is 3.58. The average Bonchev–Trinajstić information content (AvgIpc) is 3.09. The number of carbonyl (C=O) groups is 1. The Hall–Kier alpha value is -2.17. The van der Waals surface area contributed by atoms with Crippen molar-refractivity contribution in [3.05, 3.63) is 57.9 Å². The standard InChI is InChI=1S/C23H23Cl2N3O4S2/c24-17-7-10-21(19(25)13-17)32-14-22(29)27-23-26-20(15-33-23)16-5-8-18(9-6-16)34(30,31)28-11-3-1-2-4-12-28/h5-10,13,15H,1-4,11-12,14H2,(H,26,27,29). The molecule has 1 aliphatic rings. The zero-order valence-electron chi connectivity index (χ0n) is 18.2. The summed E-state index contributed by atoms with van der Waals surface area (Å²) >= 11 is 13.2. The van der Waals surface area contributed by atoms with Gasteiger partial charge in [0.2, 0.25) is 10.0 Å². The zero-order chi connectivity index (χ0) is 24.1. The second-order valence-electron chi connectivity index (χ2n) is 7.79. The molecule has 0 spiro atoms. The van der Waals surface area contributed by atoms with Crippen LogP contribution in [-0.4, -0.2) is 43.3 Å². The molecule has 0 radical (unpaired) electrons. The Kier molecular flexibility index (Phi) is 8.10. The Morgan fingerprint density at radius 1 is 1.06 bits per heavy atom. The van der Waals surface area contributed by atoms with Gasteiger partial charge in [0, 0.05) is 29.1 Å². The first-order valence-corrected chi connectivity index (χ1v) is 13.8. The summed E-state index contributed by atoms with van der Waals surface area (Å²) in [5.74, 6) is -0.0259. The van der Waals surface area contributed by atoms with Crippen LogP contribution < -0.4 is 10.1 Å². The number of hydrogen-bond acceptors (Lipinski definition) is 6. The van der Waals surface area contributed by atoms with E-state index in [1.807, 2.05) is 0 Å². The molecule has 1 amide bonds. The van der Waals surface area contributed by atoms with E-state index in [1.165, 1.54) is 17.4 Å². The van der Waals surface area contributed by atoms with Gasteiger partial charge in [0.05, 0.1) is 15.6 Å². The number of rotatable bonds is 7. The van der Waals surface area contributed by atoms with Gasteiger partial charge < -0.3 is 4.74 Å². The number of halogens is 2. The first kappa shape index (κ1) is 24.9. The SMILES string of the molecule is O=C(COc1ccc(Cl)cc1Cl)Nc1nc(-c2ccc(S(=O)(=O)N3CCCCCC3)cc2)cs1. The number of nitrogens with zero attached hydrogens (tertiary/aromatic N) is 2. The van der Waals surface area contributed by atoms with Crippen LogP contribution in [0.25, 0.3) is 11.3 Å². The maximum atomic E-state index is 13.0. The second-order valence-corrected chi connectivity index (χ2v) is 11.4. The van der Waals surface area contributed by atoms with Crippen LogP contribution in [0.2, 0.25) is 10.0 Å². The predicted molar refractivity (Wildman–Crippen MR) is 135 cm³/mol. The third-order valence-electron chi connectivity index (χ3n) is 5.36. The fraction of sp³-hybridized carbons (Fsp3) is 0.304. The van der Waals surface area contributed by atoms with Crippen LogP contribution in [0.4, 0.5) is 5.13 Å². The lowest BCUT2D eigenvalue weighted by atomic mass is 10.2. The molecule has 0 bridgehead atoms. The van der Waals surface area contributed by atoms with Crippen LogP contribution in [0.1, 0.15) is 25.7 Å². The van der Waals surface area contributed by atoms with Crippen LogP contribution >= 0.6 is 34.5 Å². The number of thiazole rings is 1. The van der Waals surface area contributed by atoms with Crippen LogP contribution in [0, 0.1) is 0 Å². The lowest BCUT2D eigenvalue weighted by Crippen LogP contribution is -2.31. The number of sulfonamides is 1. The van der Waals surface area contributed by atoms with Crippen LogP contribution in [-0.2, 0) is 14.8 Å². The predicted octanol–water partition coefficient (Wildman–Crippen LogP) is 5.70. The van der Waals surface area contributed by atoms with Gasteiger partial charge >= 0.3 is 0 Å². The quantitative estimate of drug-likeness (QED) is 0.416. The zero-order valence-corrected chi connectivity index (χ0v) is 21.3. The van der Waals surface area contributed by atoms with E-state index in [2.05, 4.69) is 10.3 Å². The molecule has 0 atom stereocenters. The van der Waals surface area contributed by atoms with Gasteiger partial charge in [-0.05, 0) is 43.2 Å². The normalized spacial score (nSPS) is 15.0. The molecule has 4 rings (SSSR count). The Morgan fingerprint density at radius 3 is 2.44 bits per heavy atom. The number of amides is 1. The molecule has 0 aliphatic carbocycles. The Labute approximate surface area is 212 Å². The van der Waals surface area contributed by atoms with Gasteiger partial charge in [-0.2, -0.15) is 4.31 Å². The molecule has 0 unspecified atom stereocenters. The maximum absolute atomic E-state index is 13.0.